The van der Waals surface area contributed by atoms with Gasteiger partial charge >= 0.3 is 12.1 Å². The Labute approximate surface area is 146 Å². The fourth-order valence-corrected chi connectivity index (χ4v) is 2.90. The van der Waals surface area contributed by atoms with Gasteiger partial charge < -0.3 is 10.1 Å². The van der Waals surface area contributed by atoms with Crippen molar-refractivity contribution in [2.24, 2.45) is 5.92 Å². The second kappa shape index (κ2) is 9.49. The van der Waals surface area contributed by atoms with Crippen molar-refractivity contribution >= 4 is 12.0 Å². The molecule has 1 N–H and O–H groups in total. The lowest BCUT2D eigenvalue weighted by Gasteiger charge is -2.15. The van der Waals surface area contributed by atoms with Gasteiger partial charge in [-0.15, -0.1) is 0 Å². The van der Waals surface area contributed by atoms with Gasteiger partial charge in [0.15, 0.2) is 0 Å². The first-order chi connectivity index (χ1) is 11.9. The molecule has 0 aromatic heterocycles. The van der Waals surface area contributed by atoms with Crippen molar-refractivity contribution in [3.8, 4) is 5.75 Å². The Kier molecular flexibility index (Phi) is 7.34. The molecule has 0 aliphatic heterocycles. The Morgan fingerprint density at radius 2 is 1.92 bits per heavy atom. The van der Waals surface area contributed by atoms with Gasteiger partial charge in [0.2, 0.25) is 0 Å². The quantitative estimate of drug-likeness (QED) is 0.750. The fraction of sp³-hybridized carbons (Fsp3) is 0.526. The van der Waals surface area contributed by atoms with Gasteiger partial charge in [-0.1, -0.05) is 50.0 Å². The van der Waals surface area contributed by atoms with Crippen LogP contribution in [0.2, 0.25) is 0 Å². The van der Waals surface area contributed by atoms with Gasteiger partial charge in [0.05, 0.1) is 6.61 Å². The van der Waals surface area contributed by atoms with E-state index in [9.17, 15) is 18.0 Å². The highest BCUT2D eigenvalue weighted by atomic mass is 19.4. The second-order valence-electron chi connectivity index (χ2n) is 6.35. The molecule has 0 saturated heterocycles. The molecule has 3 nitrogen and oxygen atoms in total. The molecule has 2 rings (SSSR count). The van der Waals surface area contributed by atoms with Gasteiger partial charge in [-0.05, 0) is 36.5 Å². The summed E-state index contributed by atoms with van der Waals surface area (Å²) < 4.78 is 42.1. The number of halogens is 3. The number of hydrogen-bond acceptors (Lipinski definition) is 2. The molecule has 0 heterocycles. The van der Waals surface area contributed by atoms with Gasteiger partial charge in [-0.3, -0.25) is 4.79 Å². The number of alkyl halides is 3. The SMILES string of the molecule is O=C(NC/C=C/c1cccc(OCC2CCCCCC2)c1)C(F)(F)F. The Balaban J connectivity index is 1.79. The van der Waals surface area contributed by atoms with Crippen LogP contribution in [0.25, 0.3) is 6.08 Å². The average Bonchev–Trinajstić information content (AvgIpc) is 2.85. The molecule has 1 aromatic carbocycles. The monoisotopic (exact) mass is 355 g/mol. The number of hydrogen-bond donors (Lipinski definition) is 1. The van der Waals surface area contributed by atoms with Gasteiger partial charge in [0.1, 0.15) is 5.75 Å². The standard InChI is InChI=1S/C19H24F3NO2/c20-19(21,22)18(24)23-12-6-10-15-9-5-11-17(13-15)25-14-16-7-3-1-2-4-8-16/h5-6,9-11,13,16H,1-4,7-8,12,14H2,(H,23,24)/b10-6+. The third-order valence-corrected chi connectivity index (χ3v) is 4.27. The van der Waals surface area contributed by atoms with E-state index in [0.717, 1.165) is 11.3 Å². The van der Waals surface area contributed by atoms with Crippen LogP contribution in [0.5, 0.6) is 5.75 Å². The van der Waals surface area contributed by atoms with Gasteiger partial charge in [0.25, 0.3) is 0 Å². The molecular weight excluding hydrogens is 331 g/mol. The molecule has 0 radical (unpaired) electrons. The summed E-state index contributed by atoms with van der Waals surface area (Å²) in [5, 5.41) is 1.80. The van der Waals surface area contributed by atoms with E-state index in [-0.39, 0.29) is 6.54 Å². The van der Waals surface area contributed by atoms with E-state index >= 15 is 0 Å². The topological polar surface area (TPSA) is 38.3 Å². The lowest BCUT2D eigenvalue weighted by Crippen LogP contribution is -2.36. The zero-order valence-corrected chi connectivity index (χ0v) is 14.1. The molecule has 1 aliphatic carbocycles. The third-order valence-electron chi connectivity index (χ3n) is 4.27. The van der Waals surface area contributed by atoms with Crippen LogP contribution in [-0.4, -0.2) is 25.2 Å². The summed E-state index contributed by atoms with van der Waals surface area (Å²) in [6, 6.07) is 7.40. The molecule has 0 spiro atoms. The molecule has 0 unspecified atom stereocenters. The maximum atomic E-state index is 12.1. The highest BCUT2D eigenvalue weighted by Gasteiger charge is 2.37. The predicted molar refractivity (Wildman–Crippen MR) is 91.2 cm³/mol. The Morgan fingerprint density at radius 3 is 2.60 bits per heavy atom. The van der Waals surface area contributed by atoms with E-state index in [1.807, 2.05) is 24.3 Å². The Hall–Kier alpha value is -1.98. The van der Waals surface area contributed by atoms with Crippen LogP contribution in [0.4, 0.5) is 13.2 Å². The molecule has 6 heteroatoms. The molecule has 0 bridgehead atoms. The predicted octanol–water partition coefficient (Wildman–Crippen LogP) is 4.73. The van der Waals surface area contributed by atoms with Crippen LogP contribution in [0, 0.1) is 5.92 Å². The summed E-state index contributed by atoms with van der Waals surface area (Å²) in [4.78, 5) is 10.7. The first kappa shape index (κ1) is 19.3. The maximum Gasteiger partial charge on any atom is 0.471 e. The van der Waals surface area contributed by atoms with Crippen molar-refractivity contribution in [1.82, 2.24) is 5.32 Å². The number of amides is 1. The lowest BCUT2D eigenvalue weighted by molar-refractivity contribution is -0.173. The number of benzene rings is 1. The Morgan fingerprint density at radius 1 is 1.20 bits per heavy atom. The first-order valence-corrected chi connectivity index (χ1v) is 8.69. The van der Waals surface area contributed by atoms with Crippen molar-refractivity contribution < 1.29 is 22.7 Å². The molecule has 1 amide bonds. The van der Waals surface area contributed by atoms with Crippen LogP contribution >= 0.6 is 0 Å². The van der Waals surface area contributed by atoms with E-state index in [1.165, 1.54) is 44.6 Å². The molecule has 1 aliphatic rings. The normalized spacial score (nSPS) is 16.6. The average molecular weight is 355 g/mol. The smallest absolute Gasteiger partial charge is 0.471 e. The Bertz CT molecular complexity index is 576. The molecule has 25 heavy (non-hydrogen) atoms. The van der Waals surface area contributed by atoms with Gasteiger partial charge in [0, 0.05) is 6.54 Å². The number of nitrogens with one attached hydrogen (secondary N) is 1. The van der Waals surface area contributed by atoms with Crippen molar-refractivity contribution in [2.45, 2.75) is 44.7 Å². The molecule has 0 atom stereocenters. The number of rotatable bonds is 6. The van der Waals surface area contributed by atoms with Crippen LogP contribution < -0.4 is 10.1 Å². The van der Waals surface area contributed by atoms with Gasteiger partial charge in [-0.25, -0.2) is 0 Å². The molecule has 1 saturated carbocycles. The van der Waals surface area contributed by atoms with Crippen LogP contribution in [-0.2, 0) is 4.79 Å². The third kappa shape index (κ3) is 7.20. The summed E-state index contributed by atoms with van der Waals surface area (Å²) in [6.45, 7) is 0.528. The zero-order valence-electron chi connectivity index (χ0n) is 14.1. The van der Waals surface area contributed by atoms with E-state index in [2.05, 4.69) is 0 Å². The van der Waals surface area contributed by atoms with Crippen LogP contribution in [0.1, 0.15) is 44.1 Å². The minimum Gasteiger partial charge on any atom is -0.493 e. The fourth-order valence-electron chi connectivity index (χ4n) is 2.90. The van der Waals surface area contributed by atoms with Crippen LogP contribution in [0.3, 0.4) is 0 Å². The number of carbonyl (C=O) groups excluding carboxylic acids is 1. The van der Waals surface area contributed by atoms with E-state index < -0.39 is 12.1 Å². The van der Waals surface area contributed by atoms with E-state index in [0.29, 0.717) is 12.5 Å². The maximum absolute atomic E-state index is 12.1. The molecule has 138 valence electrons. The zero-order chi connectivity index (χ0) is 18.1. The van der Waals surface area contributed by atoms with Gasteiger partial charge in [-0.2, -0.15) is 13.2 Å². The van der Waals surface area contributed by atoms with E-state index in [1.54, 1.807) is 11.4 Å². The van der Waals surface area contributed by atoms with Crippen molar-refractivity contribution in [1.29, 1.82) is 0 Å². The summed E-state index contributed by atoms with van der Waals surface area (Å²) in [5.74, 6) is -0.581. The largest absolute Gasteiger partial charge is 0.493 e. The molecule has 1 fully saturated rings. The number of ether oxygens (including phenoxy) is 1. The summed E-state index contributed by atoms with van der Waals surface area (Å²) in [7, 11) is 0. The highest BCUT2D eigenvalue weighted by molar-refractivity contribution is 5.81. The number of carbonyl (C=O) groups is 1. The second-order valence-corrected chi connectivity index (χ2v) is 6.35. The highest BCUT2D eigenvalue weighted by Crippen LogP contribution is 2.24. The minimum absolute atomic E-state index is 0.175. The molecule has 1 aromatic rings. The van der Waals surface area contributed by atoms with Crippen molar-refractivity contribution in [3.05, 3.63) is 35.9 Å². The van der Waals surface area contributed by atoms with E-state index in [4.69, 9.17) is 4.74 Å². The van der Waals surface area contributed by atoms with Crippen molar-refractivity contribution in [3.63, 3.8) is 0 Å². The lowest BCUT2D eigenvalue weighted by atomic mass is 10.0. The summed E-state index contributed by atoms with van der Waals surface area (Å²) in [5.41, 5.74) is 0.819. The van der Waals surface area contributed by atoms with Crippen molar-refractivity contribution in [2.75, 3.05) is 13.2 Å². The summed E-state index contributed by atoms with van der Waals surface area (Å²) >= 11 is 0. The summed E-state index contributed by atoms with van der Waals surface area (Å²) in [6.07, 6.45) is 5.85. The first-order valence-electron chi connectivity index (χ1n) is 8.69. The molecular formula is C19H24F3NO2. The van der Waals surface area contributed by atoms with Crippen LogP contribution in [0.15, 0.2) is 30.3 Å². The minimum atomic E-state index is -4.85.